The molecule has 3 atom stereocenters. The fourth-order valence-corrected chi connectivity index (χ4v) is 2.30. The highest BCUT2D eigenvalue weighted by Gasteiger charge is 2.19. The highest BCUT2D eigenvalue weighted by atomic mass is 16.5. The van der Waals surface area contributed by atoms with Gasteiger partial charge in [-0.3, -0.25) is 9.36 Å². The van der Waals surface area contributed by atoms with Gasteiger partial charge in [0.05, 0.1) is 12.7 Å². The van der Waals surface area contributed by atoms with Crippen molar-refractivity contribution in [3.05, 3.63) is 46.4 Å². The van der Waals surface area contributed by atoms with Crippen LogP contribution in [0.2, 0.25) is 0 Å². The van der Waals surface area contributed by atoms with Gasteiger partial charge in [-0.05, 0) is 38.3 Å². The molecule has 0 fully saturated rings. The van der Waals surface area contributed by atoms with E-state index in [2.05, 4.69) is 0 Å². The van der Waals surface area contributed by atoms with E-state index < -0.39 is 18.4 Å². The van der Waals surface area contributed by atoms with E-state index in [0.29, 0.717) is 5.39 Å². The molecule has 2 unspecified atom stereocenters. The molecule has 1 aromatic heterocycles. The Hall–Kier alpha value is -1.69. The lowest BCUT2D eigenvalue weighted by molar-refractivity contribution is -0.112. The van der Waals surface area contributed by atoms with Gasteiger partial charge in [0.25, 0.3) is 5.56 Å². The molecule has 0 aliphatic heterocycles. The lowest BCUT2D eigenvalue weighted by atomic mass is 10.1. The van der Waals surface area contributed by atoms with Crippen molar-refractivity contribution in [1.82, 2.24) is 4.57 Å². The second kappa shape index (κ2) is 6.39. The number of ether oxygens (including phenoxy) is 1. The molecule has 2 rings (SSSR count). The quantitative estimate of drug-likeness (QED) is 0.877. The maximum atomic E-state index is 12.5. The predicted octanol–water partition coefficient (Wildman–Crippen LogP) is 1.59. The third-order valence-corrected chi connectivity index (χ3v) is 3.57. The van der Waals surface area contributed by atoms with Crippen LogP contribution in [-0.4, -0.2) is 33.6 Å². The summed E-state index contributed by atoms with van der Waals surface area (Å²) in [6, 6.07) is 7.51. The molecule has 5 nitrogen and oxygen atoms in total. The Morgan fingerprint density at radius 2 is 2.00 bits per heavy atom. The molecule has 0 aliphatic carbocycles. The Kier molecular flexibility index (Phi) is 4.77. The number of aliphatic hydroxyl groups is 2. The Morgan fingerprint density at radius 3 is 2.62 bits per heavy atom. The zero-order valence-electron chi connectivity index (χ0n) is 12.5. The second-order valence-electron chi connectivity index (χ2n) is 5.32. The number of hydrogen-bond donors (Lipinski definition) is 2. The topological polar surface area (TPSA) is 71.7 Å². The molecular formula is C16H21NO4. The lowest BCUT2D eigenvalue weighted by Gasteiger charge is -2.24. The van der Waals surface area contributed by atoms with E-state index in [1.165, 1.54) is 4.57 Å². The van der Waals surface area contributed by atoms with Crippen LogP contribution in [0, 0.1) is 6.92 Å². The smallest absolute Gasteiger partial charge is 0.260 e. The summed E-state index contributed by atoms with van der Waals surface area (Å²) in [7, 11) is 0. The summed E-state index contributed by atoms with van der Waals surface area (Å²) in [5.41, 5.74) is 0.945. The minimum atomic E-state index is -0.809. The van der Waals surface area contributed by atoms with Crippen molar-refractivity contribution in [2.75, 3.05) is 6.61 Å². The second-order valence-corrected chi connectivity index (χ2v) is 5.32. The maximum absolute atomic E-state index is 12.5. The van der Waals surface area contributed by atoms with Crippen LogP contribution in [-0.2, 0) is 4.74 Å². The Labute approximate surface area is 123 Å². The number of rotatable bonds is 5. The molecule has 1 aromatic carbocycles. The molecular weight excluding hydrogens is 270 g/mol. The highest BCUT2D eigenvalue weighted by molar-refractivity contribution is 5.82. The average molecular weight is 291 g/mol. The van der Waals surface area contributed by atoms with Gasteiger partial charge in [0, 0.05) is 11.6 Å². The van der Waals surface area contributed by atoms with Crippen molar-refractivity contribution in [2.45, 2.75) is 39.2 Å². The number of pyridine rings is 1. The lowest BCUT2D eigenvalue weighted by Crippen LogP contribution is -2.34. The van der Waals surface area contributed by atoms with E-state index in [9.17, 15) is 15.0 Å². The predicted molar refractivity (Wildman–Crippen MR) is 81.3 cm³/mol. The summed E-state index contributed by atoms with van der Waals surface area (Å²) in [4.78, 5) is 12.5. The molecule has 2 N–H and O–H groups in total. The molecule has 0 amide bonds. The molecule has 114 valence electrons. The molecule has 5 heteroatoms. The third kappa shape index (κ3) is 3.32. The highest BCUT2D eigenvalue weighted by Crippen LogP contribution is 2.16. The molecule has 0 aliphatic rings. The van der Waals surface area contributed by atoms with Gasteiger partial charge in [0.15, 0.2) is 0 Å². The van der Waals surface area contributed by atoms with Gasteiger partial charge >= 0.3 is 0 Å². The van der Waals surface area contributed by atoms with Crippen molar-refractivity contribution in [1.29, 1.82) is 0 Å². The van der Waals surface area contributed by atoms with Gasteiger partial charge in [0.2, 0.25) is 0 Å². The normalized spacial score (nSPS) is 15.9. The number of aliphatic hydroxyl groups excluding tert-OH is 2. The Bertz CT molecular complexity index is 678. The molecule has 0 saturated carbocycles. The summed E-state index contributed by atoms with van der Waals surface area (Å²) in [6.07, 6.45) is -0.433. The molecule has 21 heavy (non-hydrogen) atoms. The Balaban J connectivity index is 2.36. The van der Waals surface area contributed by atoms with Gasteiger partial charge in [-0.15, -0.1) is 0 Å². The van der Waals surface area contributed by atoms with Crippen LogP contribution in [0.3, 0.4) is 0 Å². The monoisotopic (exact) mass is 291 g/mol. The molecule has 2 aromatic rings. The summed E-state index contributed by atoms with van der Waals surface area (Å²) < 4.78 is 7.02. The van der Waals surface area contributed by atoms with Crippen LogP contribution in [0.5, 0.6) is 0 Å². The Morgan fingerprint density at radius 1 is 1.29 bits per heavy atom. The third-order valence-electron chi connectivity index (χ3n) is 3.57. The van der Waals surface area contributed by atoms with Crippen LogP contribution >= 0.6 is 0 Å². The first-order chi connectivity index (χ1) is 9.93. The standard InChI is InChI=1S/C16H21NO4/c1-10-4-5-14-13(8-10)6-7-17(16(14)20)12(3)21-15(9-18)11(2)19/h4-8,11-12,15,18-19H,9H2,1-3H3/t11?,12?,15-/m1/s1. The van der Waals surface area contributed by atoms with Crippen molar-refractivity contribution >= 4 is 10.8 Å². The summed E-state index contributed by atoms with van der Waals surface area (Å²) >= 11 is 0. The van der Waals surface area contributed by atoms with E-state index in [1.54, 1.807) is 26.1 Å². The van der Waals surface area contributed by atoms with E-state index in [4.69, 9.17) is 4.74 Å². The number of hydrogen-bond acceptors (Lipinski definition) is 4. The first kappa shape index (κ1) is 15.7. The van der Waals surface area contributed by atoms with Gasteiger partial charge in [-0.2, -0.15) is 0 Å². The average Bonchev–Trinajstić information content (AvgIpc) is 2.44. The van der Waals surface area contributed by atoms with Gasteiger partial charge in [0.1, 0.15) is 12.3 Å². The number of aryl methyl sites for hydroxylation is 1. The van der Waals surface area contributed by atoms with E-state index in [1.807, 2.05) is 25.1 Å². The van der Waals surface area contributed by atoms with Crippen molar-refractivity contribution in [3.8, 4) is 0 Å². The van der Waals surface area contributed by atoms with Gasteiger partial charge in [-0.25, -0.2) is 0 Å². The van der Waals surface area contributed by atoms with Crippen molar-refractivity contribution < 1.29 is 14.9 Å². The number of fused-ring (bicyclic) bond motifs is 1. The van der Waals surface area contributed by atoms with Crippen LogP contribution in [0.25, 0.3) is 10.8 Å². The largest absolute Gasteiger partial charge is 0.394 e. The molecule has 1 heterocycles. The fraction of sp³-hybridized carbons (Fsp3) is 0.438. The van der Waals surface area contributed by atoms with Crippen LogP contribution in [0.4, 0.5) is 0 Å². The van der Waals surface area contributed by atoms with Crippen LogP contribution in [0.1, 0.15) is 25.6 Å². The molecule has 0 spiro atoms. The van der Waals surface area contributed by atoms with Crippen molar-refractivity contribution in [2.24, 2.45) is 0 Å². The van der Waals surface area contributed by atoms with Gasteiger partial charge < -0.3 is 14.9 Å². The zero-order valence-corrected chi connectivity index (χ0v) is 12.5. The summed E-state index contributed by atoms with van der Waals surface area (Å²) in [6.45, 7) is 4.93. The molecule has 0 saturated heterocycles. The molecule has 0 bridgehead atoms. The van der Waals surface area contributed by atoms with E-state index >= 15 is 0 Å². The minimum absolute atomic E-state index is 0.151. The van der Waals surface area contributed by atoms with Crippen LogP contribution in [0.15, 0.2) is 35.3 Å². The van der Waals surface area contributed by atoms with E-state index in [-0.39, 0.29) is 12.2 Å². The number of nitrogens with zero attached hydrogens (tertiary/aromatic N) is 1. The van der Waals surface area contributed by atoms with E-state index in [0.717, 1.165) is 10.9 Å². The van der Waals surface area contributed by atoms with Gasteiger partial charge in [-0.1, -0.05) is 17.7 Å². The fourth-order valence-electron chi connectivity index (χ4n) is 2.30. The number of benzene rings is 1. The first-order valence-corrected chi connectivity index (χ1v) is 7.00. The maximum Gasteiger partial charge on any atom is 0.260 e. The summed E-state index contributed by atoms with van der Waals surface area (Å²) in [5.74, 6) is 0. The first-order valence-electron chi connectivity index (χ1n) is 7.00. The minimum Gasteiger partial charge on any atom is -0.394 e. The zero-order chi connectivity index (χ0) is 15.6. The van der Waals surface area contributed by atoms with Crippen molar-refractivity contribution in [3.63, 3.8) is 0 Å². The summed E-state index contributed by atoms with van der Waals surface area (Å²) in [5, 5.41) is 20.2. The molecule has 0 radical (unpaired) electrons. The number of aromatic nitrogens is 1. The van der Waals surface area contributed by atoms with Crippen LogP contribution < -0.4 is 5.56 Å². The SMILES string of the molecule is Cc1ccc2c(=O)n(C(C)O[C@H](CO)C(C)O)ccc2c1.